The van der Waals surface area contributed by atoms with E-state index in [-0.39, 0.29) is 11.7 Å². The Hall–Kier alpha value is -1.07. The molecule has 1 fully saturated rings. The summed E-state index contributed by atoms with van der Waals surface area (Å²) < 4.78 is 13.5. The van der Waals surface area contributed by atoms with Crippen molar-refractivity contribution in [1.29, 1.82) is 0 Å². The van der Waals surface area contributed by atoms with Gasteiger partial charge in [0.05, 0.1) is 0 Å². The van der Waals surface area contributed by atoms with E-state index >= 15 is 0 Å². The summed E-state index contributed by atoms with van der Waals surface area (Å²) in [6.45, 7) is 1.71. The number of nitrogens with zero attached hydrogens (tertiary/aromatic N) is 1. The highest BCUT2D eigenvalue weighted by molar-refractivity contribution is 7.99. The first-order valence-corrected chi connectivity index (χ1v) is 8.02. The van der Waals surface area contributed by atoms with Gasteiger partial charge in [0.25, 0.3) is 0 Å². The number of hydrogen-bond donors (Lipinski definition) is 1. The molecule has 1 unspecified atom stereocenters. The molecule has 0 spiro atoms. The SMILES string of the molecule is CNCC1CCCN1C(=O)CCSc1ccccc1F. The van der Waals surface area contributed by atoms with E-state index in [1.807, 2.05) is 18.0 Å². The van der Waals surface area contributed by atoms with Gasteiger partial charge in [-0.1, -0.05) is 12.1 Å². The van der Waals surface area contributed by atoms with Gasteiger partial charge >= 0.3 is 0 Å². The summed E-state index contributed by atoms with van der Waals surface area (Å²) in [4.78, 5) is 14.8. The third-order valence-electron chi connectivity index (χ3n) is 3.55. The zero-order valence-corrected chi connectivity index (χ0v) is 12.6. The van der Waals surface area contributed by atoms with Gasteiger partial charge in [-0.05, 0) is 32.0 Å². The first kappa shape index (κ1) is 15.3. The lowest BCUT2D eigenvalue weighted by Gasteiger charge is -2.24. The molecule has 20 heavy (non-hydrogen) atoms. The molecule has 2 rings (SSSR count). The maximum Gasteiger partial charge on any atom is 0.223 e. The Morgan fingerprint density at radius 3 is 3.05 bits per heavy atom. The summed E-state index contributed by atoms with van der Waals surface area (Å²) in [5, 5.41) is 3.14. The van der Waals surface area contributed by atoms with Gasteiger partial charge in [0.2, 0.25) is 5.91 Å². The number of carbonyl (C=O) groups excluding carboxylic acids is 1. The molecule has 5 heteroatoms. The lowest BCUT2D eigenvalue weighted by atomic mass is 10.2. The minimum atomic E-state index is -0.209. The number of likely N-dealkylation sites (tertiary alicyclic amines) is 1. The van der Waals surface area contributed by atoms with Crippen molar-refractivity contribution in [3.05, 3.63) is 30.1 Å². The highest BCUT2D eigenvalue weighted by atomic mass is 32.2. The van der Waals surface area contributed by atoms with Crippen LogP contribution in [-0.4, -0.2) is 42.7 Å². The number of hydrogen-bond acceptors (Lipinski definition) is 3. The maximum atomic E-state index is 13.5. The summed E-state index contributed by atoms with van der Waals surface area (Å²) >= 11 is 1.41. The van der Waals surface area contributed by atoms with Gasteiger partial charge in [0.1, 0.15) is 5.82 Å². The van der Waals surface area contributed by atoms with Crippen LogP contribution in [0.4, 0.5) is 4.39 Å². The van der Waals surface area contributed by atoms with E-state index in [0.717, 1.165) is 25.9 Å². The van der Waals surface area contributed by atoms with Gasteiger partial charge in [-0.3, -0.25) is 4.79 Å². The van der Waals surface area contributed by atoms with Crippen molar-refractivity contribution in [2.24, 2.45) is 0 Å². The van der Waals surface area contributed by atoms with Crippen LogP contribution in [0.2, 0.25) is 0 Å². The van der Waals surface area contributed by atoms with Crippen LogP contribution in [0.3, 0.4) is 0 Å². The topological polar surface area (TPSA) is 32.3 Å². The zero-order chi connectivity index (χ0) is 14.4. The molecular weight excluding hydrogens is 275 g/mol. The standard InChI is InChI=1S/C15H21FN2OS/c1-17-11-12-5-4-9-18(12)15(19)8-10-20-14-7-3-2-6-13(14)16/h2-3,6-7,12,17H,4-5,8-11H2,1H3. The van der Waals surface area contributed by atoms with Gasteiger partial charge in [-0.15, -0.1) is 11.8 Å². The Morgan fingerprint density at radius 1 is 1.50 bits per heavy atom. The fraction of sp³-hybridized carbons (Fsp3) is 0.533. The lowest BCUT2D eigenvalue weighted by molar-refractivity contribution is -0.131. The molecule has 1 aromatic carbocycles. The van der Waals surface area contributed by atoms with Crippen molar-refractivity contribution >= 4 is 17.7 Å². The molecule has 1 amide bonds. The molecule has 3 nitrogen and oxygen atoms in total. The van der Waals surface area contributed by atoms with Gasteiger partial charge in [-0.25, -0.2) is 4.39 Å². The second-order valence-electron chi connectivity index (χ2n) is 4.97. The molecule has 110 valence electrons. The first-order valence-electron chi connectivity index (χ1n) is 7.03. The van der Waals surface area contributed by atoms with E-state index in [9.17, 15) is 9.18 Å². The number of rotatable bonds is 6. The second-order valence-corrected chi connectivity index (χ2v) is 6.11. The summed E-state index contributed by atoms with van der Waals surface area (Å²) in [7, 11) is 1.91. The van der Waals surface area contributed by atoms with Crippen molar-refractivity contribution in [2.75, 3.05) is 25.9 Å². The number of likely N-dealkylation sites (N-methyl/N-ethyl adjacent to an activating group) is 1. The van der Waals surface area contributed by atoms with Crippen LogP contribution in [0.15, 0.2) is 29.2 Å². The molecule has 0 bridgehead atoms. The molecule has 0 saturated carbocycles. The van der Waals surface area contributed by atoms with Crippen LogP contribution in [0, 0.1) is 5.82 Å². The Bertz CT molecular complexity index is 455. The number of benzene rings is 1. The molecule has 1 atom stereocenters. The number of thioether (sulfide) groups is 1. The second kappa shape index (κ2) is 7.64. The number of amides is 1. The van der Waals surface area contributed by atoms with Crippen molar-refractivity contribution in [3.8, 4) is 0 Å². The van der Waals surface area contributed by atoms with Crippen molar-refractivity contribution < 1.29 is 9.18 Å². The minimum absolute atomic E-state index is 0.187. The molecule has 1 saturated heterocycles. The van der Waals surface area contributed by atoms with E-state index < -0.39 is 0 Å². The van der Waals surface area contributed by atoms with Gasteiger partial charge in [0, 0.05) is 36.2 Å². The Kier molecular flexibility index (Phi) is 5.86. The van der Waals surface area contributed by atoms with E-state index in [1.54, 1.807) is 12.1 Å². The molecule has 1 aromatic rings. The fourth-order valence-corrected chi connectivity index (χ4v) is 3.44. The lowest BCUT2D eigenvalue weighted by Crippen LogP contribution is -2.40. The molecule has 1 N–H and O–H groups in total. The number of carbonyl (C=O) groups is 1. The average molecular weight is 296 g/mol. The minimum Gasteiger partial charge on any atom is -0.338 e. The van der Waals surface area contributed by atoms with E-state index in [2.05, 4.69) is 5.32 Å². The molecule has 0 aliphatic carbocycles. The van der Waals surface area contributed by atoms with Crippen LogP contribution in [0.5, 0.6) is 0 Å². The van der Waals surface area contributed by atoms with Gasteiger partial charge in [0.15, 0.2) is 0 Å². The van der Waals surface area contributed by atoms with Crippen LogP contribution in [0.25, 0.3) is 0 Å². The predicted molar refractivity (Wildman–Crippen MR) is 80.4 cm³/mol. The predicted octanol–water partition coefficient (Wildman–Crippen LogP) is 2.52. The molecule has 0 aromatic heterocycles. The fourth-order valence-electron chi connectivity index (χ4n) is 2.57. The monoisotopic (exact) mass is 296 g/mol. The molecule has 1 aliphatic rings. The average Bonchev–Trinajstić information content (AvgIpc) is 2.89. The van der Waals surface area contributed by atoms with Crippen molar-refractivity contribution in [3.63, 3.8) is 0 Å². The maximum absolute atomic E-state index is 13.5. The summed E-state index contributed by atoms with van der Waals surface area (Å²) in [5.41, 5.74) is 0. The smallest absolute Gasteiger partial charge is 0.223 e. The quantitative estimate of drug-likeness (QED) is 0.819. The first-order chi connectivity index (χ1) is 9.72. The molecule has 1 heterocycles. The summed E-state index contributed by atoms with van der Waals surface area (Å²) in [6, 6.07) is 7.02. The van der Waals surface area contributed by atoms with Crippen LogP contribution < -0.4 is 5.32 Å². The third-order valence-corrected chi connectivity index (χ3v) is 4.60. The van der Waals surface area contributed by atoms with E-state index in [0.29, 0.717) is 23.1 Å². The van der Waals surface area contributed by atoms with Crippen molar-refractivity contribution in [1.82, 2.24) is 10.2 Å². The van der Waals surface area contributed by atoms with Gasteiger partial charge < -0.3 is 10.2 Å². The Balaban J connectivity index is 1.79. The number of halogens is 1. The molecule has 0 radical (unpaired) electrons. The van der Waals surface area contributed by atoms with Gasteiger partial charge in [-0.2, -0.15) is 0 Å². The van der Waals surface area contributed by atoms with Crippen LogP contribution in [0.1, 0.15) is 19.3 Å². The third kappa shape index (κ3) is 3.96. The Labute approximate surface area is 123 Å². The largest absolute Gasteiger partial charge is 0.338 e. The zero-order valence-electron chi connectivity index (χ0n) is 11.8. The molecule has 1 aliphatic heterocycles. The number of nitrogens with one attached hydrogen (secondary N) is 1. The highest BCUT2D eigenvalue weighted by Gasteiger charge is 2.27. The highest BCUT2D eigenvalue weighted by Crippen LogP contribution is 2.23. The summed E-state index contributed by atoms with van der Waals surface area (Å²) in [6.07, 6.45) is 2.63. The van der Waals surface area contributed by atoms with Crippen LogP contribution >= 0.6 is 11.8 Å². The van der Waals surface area contributed by atoms with E-state index in [4.69, 9.17) is 0 Å². The van der Waals surface area contributed by atoms with Crippen LogP contribution in [-0.2, 0) is 4.79 Å². The normalized spacial score (nSPS) is 18.5. The summed E-state index contributed by atoms with van der Waals surface area (Å²) in [5.74, 6) is 0.605. The Morgan fingerprint density at radius 2 is 2.30 bits per heavy atom. The van der Waals surface area contributed by atoms with E-state index in [1.165, 1.54) is 17.8 Å². The van der Waals surface area contributed by atoms with Crippen molar-refractivity contribution in [2.45, 2.75) is 30.2 Å². The molecular formula is C15H21FN2OS.